The SMILES string of the molecule is CCOc1cccc(/C(O)=C2\C(=O)C(=O)N(c3nc4ccc(OC)cc4s3)C2c2cccc(Oc3ccccc3)c2)c1. The van der Waals surface area contributed by atoms with Crippen molar-refractivity contribution in [3.63, 3.8) is 0 Å². The minimum Gasteiger partial charge on any atom is -0.507 e. The number of benzene rings is 4. The molecule has 2 heterocycles. The summed E-state index contributed by atoms with van der Waals surface area (Å²) < 4.78 is 17.8. The summed E-state index contributed by atoms with van der Waals surface area (Å²) in [5.74, 6) is 0.420. The normalized spacial score (nSPS) is 16.1. The van der Waals surface area contributed by atoms with Gasteiger partial charge in [-0.25, -0.2) is 4.98 Å². The van der Waals surface area contributed by atoms with Gasteiger partial charge in [-0.15, -0.1) is 0 Å². The third-order valence-electron chi connectivity index (χ3n) is 6.81. The first-order valence-electron chi connectivity index (χ1n) is 13.3. The number of aromatic nitrogens is 1. The summed E-state index contributed by atoms with van der Waals surface area (Å²) in [5.41, 5.74) is 1.53. The molecule has 1 aliphatic heterocycles. The van der Waals surface area contributed by atoms with E-state index >= 15 is 0 Å². The number of hydrogen-bond acceptors (Lipinski definition) is 8. The molecule has 0 aliphatic carbocycles. The Bertz CT molecular complexity index is 1830. The summed E-state index contributed by atoms with van der Waals surface area (Å²) in [6.07, 6.45) is 0. The average Bonchev–Trinajstić information content (AvgIpc) is 3.55. The van der Waals surface area contributed by atoms with Crippen molar-refractivity contribution in [3.05, 3.63) is 114 Å². The second kappa shape index (κ2) is 11.4. The van der Waals surface area contributed by atoms with Gasteiger partial charge in [-0.2, -0.15) is 0 Å². The number of para-hydroxylation sites is 1. The number of amides is 1. The molecule has 0 radical (unpaired) electrons. The van der Waals surface area contributed by atoms with E-state index in [1.807, 2.05) is 43.3 Å². The fourth-order valence-electron chi connectivity index (χ4n) is 4.90. The lowest BCUT2D eigenvalue weighted by molar-refractivity contribution is -0.132. The number of aliphatic hydroxyl groups is 1. The summed E-state index contributed by atoms with van der Waals surface area (Å²) in [6, 6.07) is 27.7. The van der Waals surface area contributed by atoms with Crippen molar-refractivity contribution in [2.45, 2.75) is 13.0 Å². The van der Waals surface area contributed by atoms with E-state index in [0.717, 1.165) is 4.70 Å². The van der Waals surface area contributed by atoms with Crippen LogP contribution in [0.3, 0.4) is 0 Å². The molecule has 5 aromatic rings. The molecule has 1 N–H and O–H groups in total. The maximum atomic E-state index is 13.7. The van der Waals surface area contributed by atoms with E-state index in [4.69, 9.17) is 14.2 Å². The van der Waals surface area contributed by atoms with Gasteiger partial charge in [0.2, 0.25) is 0 Å². The number of fused-ring (bicyclic) bond motifs is 1. The Morgan fingerprint density at radius 2 is 1.64 bits per heavy atom. The lowest BCUT2D eigenvalue weighted by atomic mass is 9.95. The Hall–Kier alpha value is -5.15. The standard InChI is InChI=1S/C33H26N2O6S/c1-3-40-24-13-8-10-21(18-24)30(36)28-29(20-9-7-14-25(17-20)41-22-11-5-4-6-12-22)35(32(38)31(28)37)33-34-26-16-15-23(39-2)19-27(26)42-33/h4-19,29,36H,3H2,1-2H3/b30-28+. The van der Waals surface area contributed by atoms with Crippen LogP contribution in [0.5, 0.6) is 23.0 Å². The van der Waals surface area contributed by atoms with Gasteiger partial charge < -0.3 is 19.3 Å². The van der Waals surface area contributed by atoms with Gasteiger partial charge in [0.05, 0.1) is 35.5 Å². The zero-order valence-electron chi connectivity index (χ0n) is 22.8. The third kappa shape index (κ3) is 5.06. The molecular weight excluding hydrogens is 552 g/mol. The maximum Gasteiger partial charge on any atom is 0.301 e. The van der Waals surface area contributed by atoms with E-state index in [1.54, 1.807) is 67.8 Å². The molecule has 6 rings (SSSR count). The fourth-order valence-corrected chi connectivity index (χ4v) is 5.92. The monoisotopic (exact) mass is 578 g/mol. The van der Waals surface area contributed by atoms with Crippen molar-refractivity contribution in [3.8, 4) is 23.0 Å². The number of rotatable bonds is 8. The number of aliphatic hydroxyl groups excluding tert-OH is 1. The highest BCUT2D eigenvalue weighted by atomic mass is 32.1. The molecule has 1 atom stereocenters. The number of Topliss-reactive ketones (excluding diaryl/α,β-unsaturated/α-hetero) is 1. The zero-order chi connectivity index (χ0) is 29.2. The molecule has 8 nitrogen and oxygen atoms in total. The van der Waals surface area contributed by atoms with Gasteiger partial charge in [0, 0.05) is 5.56 Å². The second-order valence-corrected chi connectivity index (χ2v) is 10.5. The van der Waals surface area contributed by atoms with Crippen LogP contribution in [-0.2, 0) is 9.59 Å². The molecular formula is C33H26N2O6S. The van der Waals surface area contributed by atoms with Crippen LogP contribution in [0.2, 0.25) is 0 Å². The number of ether oxygens (including phenoxy) is 3. The van der Waals surface area contributed by atoms with Crippen LogP contribution in [0.25, 0.3) is 16.0 Å². The summed E-state index contributed by atoms with van der Waals surface area (Å²) in [5, 5.41) is 11.9. The van der Waals surface area contributed by atoms with Crippen LogP contribution in [0.4, 0.5) is 5.13 Å². The van der Waals surface area contributed by atoms with E-state index in [0.29, 0.717) is 51.4 Å². The molecule has 0 saturated carbocycles. The number of carbonyl (C=O) groups excluding carboxylic acids is 2. The second-order valence-electron chi connectivity index (χ2n) is 9.45. The minimum atomic E-state index is -0.970. The van der Waals surface area contributed by atoms with E-state index < -0.39 is 17.7 Å². The molecule has 1 unspecified atom stereocenters. The average molecular weight is 579 g/mol. The van der Waals surface area contributed by atoms with Crippen molar-refractivity contribution < 1.29 is 28.9 Å². The first kappa shape index (κ1) is 27.0. The number of hydrogen-bond donors (Lipinski definition) is 1. The molecule has 1 saturated heterocycles. The third-order valence-corrected chi connectivity index (χ3v) is 7.82. The molecule has 42 heavy (non-hydrogen) atoms. The number of anilines is 1. The molecule has 1 fully saturated rings. The quantitative estimate of drug-likeness (QED) is 0.119. The predicted molar refractivity (Wildman–Crippen MR) is 162 cm³/mol. The van der Waals surface area contributed by atoms with Crippen LogP contribution in [0.1, 0.15) is 24.1 Å². The first-order valence-corrected chi connectivity index (χ1v) is 14.1. The van der Waals surface area contributed by atoms with Crippen molar-refractivity contribution in [2.75, 3.05) is 18.6 Å². The van der Waals surface area contributed by atoms with E-state index in [-0.39, 0.29) is 11.3 Å². The van der Waals surface area contributed by atoms with Gasteiger partial charge >= 0.3 is 5.91 Å². The van der Waals surface area contributed by atoms with Crippen LogP contribution in [0.15, 0.2) is 103 Å². The molecule has 0 bridgehead atoms. The molecule has 9 heteroatoms. The number of nitrogens with zero attached hydrogens (tertiary/aromatic N) is 2. The Kier molecular flexibility index (Phi) is 7.33. The summed E-state index contributed by atoms with van der Waals surface area (Å²) in [4.78, 5) is 33.4. The number of thiazole rings is 1. The van der Waals surface area contributed by atoms with E-state index in [1.165, 1.54) is 16.2 Å². The number of ketones is 1. The van der Waals surface area contributed by atoms with Gasteiger partial charge in [0.1, 0.15) is 28.8 Å². The summed E-state index contributed by atoms with van der Waals surface area (Å²) in [7, 11) is 1.58. The minimum absolute atomic E-state index is 0.0534. The van der Waals surface area contributed by atoms with E-state index in [9.17, 15) is 14.7 Å². The Balaban J connectivity index is 1.51. The smallest absolute Gasteiger partial charge is 0.301 e. The lowest BCUT2D eigenvalue weighted by Gasteiger charge is -2.23. The van der Waals surface area contributed by atoms with Crippen molar-refractivity contribution >= 4 is 44.1 Å². The molecule has 0 spiro atoms. The molecule has 210 valence electrons. The van der Waals surface area contributed by atoms with Crippen molar-refractivity contribution in [2.24, 2.45) is 0 Å². The zero-order valence-corrected chi connectivity index (χ0v) is 23.6. The molecule has 1 aromatic heterocycles. The highest BCUT2D eigenvalue weighted by Gasteiger charge is 2.48. The Morgan fingerprint density at radius 1 is 0.881 bits per heavy atom. The number of carbonyl (C=O) groups is 2. The molecule has 1 amide bonds. The molecule has 4 aromatic carbocycles. The van der Waals surface area contributed by atoms with Crippen LogP contribution < -0.4 is 19.1 Å². The largest absolute Gasteiger partial charge is 0.507 e. The van der Waals surface area contributed by atoms with Crippen molar-refractivity contribution in [1.29, 1.82) is 0 Å². The van der Waals surface area contributed by atoms with Crippen LogP contribution in [-0.4, -0.2) is 35.5 Å². The van der Waals surface area contributed by atoms with Gasteiger partial charge in [-0.05, 0) is 67.1 Å². The Labute approximate surface area is 246 Å². The summed E-state index contributed by atoms with van der Waals surface area (Å²) in [6.45, 7) is 2.29. The van der Waals surface area contributed by atoms with Crippen LogP contribution >= 0.6 is 11.3 Å². The highest BCUT2D eigenvalue weighted by molar-refractivity contribution is 7.22. The Morgan fingerprint density at radius 3 is 2.43 bits per heavy atom. The van der Waals surface area contributed by atoms with Gasteiger partial charge in [0.15, 0.2) is 5.13 Å². The van der Waals surface area contributed by atoms with Gasteiger partial charge in [-0.3, -0.25) is 14.5 Å². The highest BCUT2D eigenvalue weighted by Crippen LogP contribution is 2.45. The van der Waals surface area contributed by atoms with E-state index in [2.05, 4.69) is 4.98 Å². The van der Waals surface area contributed by atoms with Gasteiger partial charge in [-0.1, -0.05) is 53.8 Å². The lowest BCUT2D eigenvalue weighted by Crippen LogP contribution is -2.29. The van der Waals surface area contributed by atoms with Crippen molar-refractivity contribution in [1.82, 2.24) is 4.98 Å². The molecule has 1 aliphatic rings. The van der Waals surface area contributed by atoms with Crippen LogP contribution in [0, 0.1) is 0 Å². The summed E-state index contributed by atoms with van der Waals surface area (Å²) >= 11 is 1.26. The fraction of sp³-hybridized carbons (Fsp3) is 0.121. The topological polar surface area (TPSA) is 98.2 Å². The number of methoxy groups -OCH3 is 1. The van der Waals surface area contributed by atoms with Gasteiger partial charge in [0.25, 0.3) is 5.78 Å². The first-order chi connectivity index (χ1) is 20.5. The maximum absolute atomic E-state index is 13.7. The predicted octanol–water partition coefficient (Wildman–Crippen LogP) is 7.12.